The quantitative estimate of drug-likeness (QED) is 0.640. The fraction of sp³-hybridized carbons (Fsp3) is 0.636. The molecule has 0 saturated carbocycles. The lowest BCUT2D eigenvalue weighted by Crippen LogP contribution is -2.24. The van der Waals surface area contributed by atoms with Crippen molar-refractivity contribution in [2.45, 2.75) is 40.2 Å². The van der Waals surface area contributed by atoms with Crippen molar-refractivity contribution >= 4 is 0 Å². The molecule has 0 heterocycles. The van der Waals surface area contributed by atoms with Gasteiger partial charge in [0.05, 0.1) is 0 Å². The Bertz CT molecular complexity index is 177. The Morgan fingerprint density at radius 1 is 1.50 bits per heavy atom. The lowest BCUT2D eigenvalue weighted by atomic mass is 9.94. The average molecular weight is 167 g/mol. The molecule has 0 aromatic carbocycles. The monoisotopic (exact) mass is 167 g/mol. The van der Waals surface area contributed by atoms with Crippen LogP contribution in [0.25, 0.3) is 0 Å². The van der Waals surface area contributed by atoms with Crippen molar-refractivity contribution in [1.29, 1.82) is 0 Å². The minimum absolute atomic E-state index is 0.160. The summed E-state index contributed by atoms with van der Waals surface area (Å²) in [6, 6.07) is 0.160. The molecule has 0 aliphatic rings. The number of allylic oxidation sites excluding steroid dienone is 1. The summed E-state index contributed by atoms with van der Waals surface area (Å²) in [4.78, 5) is 0. The Hall–Kier alpha value is -0.560. The first kappa shape index (κ1) is 11.4. The van der Waals surface area contributed by atoms with Crippen LogP contribution in [0.15, 0.2) is 23.8 Å². The third-order valence-corrected chi connectivity index (χ3v) is 1.93. The standard InChI is InChI=1S/C11H21N/c1-6-10(9(4)5)11(12)7-8(2)3/h6,8,11H,4,7,12H2,1-3,5H3/t11-/m0/s1. The van der Waals surface area contributed by atoms with Gasteiger partial charge in [-0.3, -0.25) is 0 Å². The highest BCUT2D eigenvalue weighted by atomic mass is 14.6. The third kappa shape index (κ3) is 3.72. The summed E-state index contributed by atoms with van der Waals surface area (Å²) in [5, 5.41) is 0. The van der Waals surface area contributed by atoms with Gasteiger partial charge in [0.1, 0.15) is 0 Å². The van der Waals surface area contributed by atoms with Crippen molar-refractivity contribution in [2.75, 3.05) is 0 Å². The Morgan fingerprint density at radius 2 is 2.00 bits per heavy atom. The van der Waals surface area contributed by atoms with Crippen molar-refractivity contribution in [1.82, 2.24) is 0 Å². The maximum atomic E-state index is 6.00. The minimum Gasteiger partial charge on any atom is -0.324 e. The van der Waals surface area contributed by atoms with Crippen molar-refractivity contribution in [3.63, 3.8) is 0 Å². The summed E-state index contributed by atoms with van der Waals surface area (Å²) in [5.41, 5.74) is 8.29. The summed E-state index contributed by atoms with van der Waals surface area (Å²) in [6.07, 6.45) is 3.10. The normalized spacial score (nSPS) is 15.0. The fourth-order valence-corrected chi connectivity index (χ4v) is 1.41. The Balaban J connectivity index is 4.24. The van der Waals surface area contributed by atoms with Gasteiger partial charge in [-0.05, 0) is 31.8 Å². The molecule has 0 aliphatic heterocycles. The van der Waals surface area contributed by atoms with Crippen molar-refractivity contribution in [3.05, 3.63) is 23.8 Å². The van der Waals surface area contributed by atoms with Gasteiger partial charge in [-0.2, -0.15) is 0 Å². The summed E-state index contributed by atoms with van der Waals surface area (Å²) >= 11 is 0. The Labute approximate surface area is 76.3 Å². The van der Waals surface area contributed by atoms with Crippen LogP contribution < -0.4 is 5.73 Å². The SMILES string of the molecule is C=C(C)C(=CC)[C@@H](N)CC(C)C. The van der Waals surface area contributed by atoms with Crippen LogP contribution in [0.5, 0.6) is 0 Å². The summed E-state index contributed by atoms with van der Waals surface area (Å²) in [7, 11) is 0. The van der Waals surface area contributed by atoms with Gasteiger partial charge in [-0.15, -0.1) is 0 Å². The molecule has 0 saturated heterocycles. The molecule has 0 aromatic heterocycles. The van der Waals surface area contributed by atoms with E-state index in [1.54, 1.807) is 0 Å². The molecule has 12 heavy (non-hydrogen) atoms. The molecule has 1 nitrogen and oxygen atoms in total. The molecular formula is C11H21N. The molecule has 0 aliphatic carbocycles. The van der Waals surface area contributed by atoms with Crippen molar-refractivity contribution in [2.24, 2.45) is 11.7 Å². The highest BCUT2D eigenvalue weighted by Crippen LogP contribution is 2.16. The van der Waals surface area contributed by atoms with Gasteiger partial charge in [-0.25, -0.2) is 0 Å². The molecule has 0 fully saturated rings. The predicted octanol–water partition coefficient (Wildman–Crippen LogP) is 2.88. The second-order valence-electron chi connectivity index (χ2n) is 3.76. The molecule has 0 spiro atoms. The number of hydrogen-bond donors (Lipinski definition) is 1. The van der Waals surface area contributed by atoms with Crippen LogP contribution in [-0.2, 0) is 0 Å². The van der Waals surface area contributed by atoms with Crippen molar-refractivity contribution in [3.8, 4) is 0 Å². The van der Waals surface area contributed by atoms with E-state index in [0.29, 0.717) is 5.92 Å². The van der Waals surface area contributed by atoms with E-state index in [1.807, 2.05) is 13.8 Å². The van der Waals surface area contributed by atoms with E-state index in [9.17, 15) is 0 Å². The molecule has 0 unspecified atom stereocenters. The van der Waals surface area contributed by atoms with Crippen molar-refractivity contribution < 1.29 is 0 Å². The van der Waals surface area contributed by atoms with Crippen LogP contribution in [0.4, 0.5) is 0 Å². The number of nitrogens with two attached hydrogens (primary N) is 1. The molecule has 1 heteroatoms. The largest absolute Gasteiger partial charge is 0.324 e. The molecule has 2 N–H and O–H groups in total. The number of hydrogen-bond acceptors (Lipinski definition) is 1. The van der Waals surface area contributed by atoms with Gasteiger partial charge < -0.3 is 5.73 Å². The number of rotatable bonds is 4. The van der Waals surface area contributed by atoms with Crippen LogP contribution in [0.2, 0.25) is 0 Å². The van der Waals surface area contributed by atoms with E-state index in [0.717, 1.165) is 12.0 Å². The molecule has 0 rings (SSSR count). The first-order chi connectivity index (χ1) is 5.49. The first-order valence-electron chi connectivity index (χ1n) is 4.56. The van der Waals surface area contributed by atoms with Gasteiger partial charge in [0.2, 0.25) is 0 Å². The highest BCUT2D eigenvalue weighted by molar-refractivity contribution is 5.30. The zero-order valence-electron chi connectivity index (χ0n) is 8.72. The van der Waals surface area contributed by atoms with Gasteiger partial charge in [0.15, 0.2) is 0 Å². The summed E-state index contributed by atoms with van der Waals surface area (Å²) in [5.74, 6) is 0.647. The van der Waals surface area contributed by atoms with Crippen LogP contribution in [0.3, 0.4) is 0 Å². The third-order valence-electron chi connectivity index (χ3n) is 1.93. The fourth-order valence-electron chi connectivity index (χ4n) is 1.41. The van der Waals surface area contributed by atoms with E-state index in [-0.39, 0.29) is 6.04 Å². The smallest absolute Gasteiger partial charge is 0.0296 e. The van der Waals surface area contributed by atoms with E-state index < -0.39 is 0 Å². The van der Waals surface area contributed by atoms with Gasteiger partial charge >= 0.3 is 0 Å². The molecule has 0 bridgehead atoms. The topological polar surface area (TPSA) is 26.0 Å². The van der Waals surface area contributed by atoms with E-state index in [2.05, 4.69) is 26.5 Å². The molecular weight excluding hydrogens is 146 g/mol. The highest BCUT2D eigenvalue weighted by Gasteiger charge is 2.10. The van der Waals surface area contributed by atoms with Crippen LogP contribution >= 0.6 is 0 Å². The Morgan fingerprint density at radius 3 is 2.25 bits per heavy atom. The van der Waals surface area contributed by atoms with E-state index in [4.69, 9.17) is 5.73 Å². The predicted molar refractivity (Wildman–Crippen MR) is 56.0 cm³/mol. The Kier molecular flexibility index (Phi) is 4.91. The van der Waals surface area contributed by atoms with Gasteiger partial charge in [-0.1, -0.05) is 32.1 Å². The maximum Gasteiger partial charge on any atom is 0.0296 e. The van der Waals surface area contributed by atoms with Crippen LogP contribution in [-0.4, -0.2) is 6.04 Å². The molecule has 70 valence electrons. The second-order valence-corrected chi connectivity index (χ2v) is 3.76. The van der Waals surface area contributed by atoms with Crippen LogP contribution in [0, 0.1) is 5.92 Å². The lowest BCUT2D eigenvalue weighted by molar-refractivity contribution is 0.535. The maximum absolute atomic E-state index is 6.00. The molecule has 1 atom stereocenters. The minimum atomic E-state index is 0.160. The van der Waals surface area contributed by atoms with E-state index in [1.165, 1.54) is 5.57 Å². The van der Waals surface area contributed by atoms with Gasteiger partial charge in [0, 0.05) is 6.04 Å². The first-order valence-corrected chi connectivity index (χ1v) is 4.56. The summed E-state index contributed by atoms with van der Waals surface area (Å²) < 4.78 is 0. The zero-order valence-corrected chi connectivity index (χ0v) is 8.72. The lowest BCUT2D eigenvalue weighted by Gasteiger charge is -2.17. The molecule has 0 aromatic rings. The average Bonchev–Trinajstić information content (AvgIpc) is 1.85. The molecule has 0 radical (unpaired) electrons. The zero-order chi connectivity index (χ0) is 9.72. The van der Waals surface area contributed by atoms with Gasteiger partial charge in [0.25, 0.3) is 0 Å². The van der Waals surface area contributed by atoms with E-state index >= 15 is 0 Å². The second kappa shape index (κ2) is 5.15. The molecule has 0 amide bonds. The summed E-state index contributed by atoms with van der Waals surface area (Å²) in [6.45, 7) is 12.3. The van der Waals surface area contributed by atoms with Crippen LogP contribution in [0.1, 0.15) is 34.1 Å².